The molecule has 1 N–H and O–H groups in total. The Balaban J connectivity index is 1.66. The van der Waals surface area contributed by atoms with E-state index in [2.05, 4.69) is 23.1 Å². The van der Waals surface area contributed by atoms with Crippen molar-refractivity contribution >= 4 is 0 Å². The lowest BCUT2D eigenvalue weighted by molar-refractivity contribution is 0.114. The number of aliphatic hydroxyl groups is 1. The number of nitrogens with zero attached hydrogens (tertiary/aromatic N) is 1. The van der Waals surface area contributed by atoms with Crippen LogP contribution in [0.1, 0.15) is 44.1 Å². The van der Waals surface area contributed by atoms with E-state index >= 15 is 0 Å². The molecule has 4 heteroatoms. The number of likely N-dealkylation sites (tertiary alicyclic amines) is 1. The number of methoxy groups -OCH3 is 2. The average molecular weight is 357 g/mol. The van der Waals surface area contributed by atoms with Crippen molar-refractivity contribution in [1.82, 2.24) is 4.90 Å². The first-order chi connectivity index (χ1) is 12.7. The predicted molar refractivity (Wildman–Crippen MR) is 103 cm³/mol. The van der Waals surface area contributed by atoms with Crippen LogP contribution in [0.2, 0.25) is 0 Å². The van der Waals surface area contributed by atoms with Crippen molar-refractivity contribution in [1.29, 1.82) is 0 Å². The van der Waals surface area contributed by atoms with Crippen LogP contribution in [0.25, 0.3) is 0 Å². The van der Waals surface area contributed by atoms with Gasteiger partial charge in [0.15, 0.2) is 11.5 Å². The largest absolute Gasteiger partial charge is 0.493 e. The van der Waals surface area contributed by atoms with Crippen molar-refractivity contribution in [2.24, 2.45) is 5.92 Å². The molecule has 4 nitrogen and oxygen atoms in total. The van der Waals surface area contributed by atoms with Gasteiger partial charge in [0.1, 0.15) is 0 Å². The Bertz CT molecular complexity index is 667. The van der Waals surface area contributed by atoms with Crippen LogP contribution in [-0.4, -0.2) is 49.5 Å². The lowest BCUT2D eigenvalue weighted by atomic mass is 9.69. The van der Waals surface area contributed by atoms with Gasteiger partial charge in [0.25, 0.3) is 0 Å². The molecule has 1 aromatic carbocycles. The fraction of sp³-hybridized carbons (Fsp3) is 0.636. The van der Waals surface area contributed by atoms with Crippen LogP contribution in [0.15, 0.2) is 30.4 Å². The minimum Gasteiger partial charge on any atom is -0.493 e. The number of hydrogen-bond donors (Lipinski definition) is 1. The van der Waals surface area contributed by atoms with Crippen LogP contribution in [0.3, 0.4) is 0 Å². The smallest absolute Gasteiger partial charge is 0.161 e. The van der Waals surface area contributed by atoms with Gasteiger partial charge in [-0.05, 0) is 55.8 Å². The average Bonchev–Trinajstić information content (AvgIpc) is 3.30. The van der Waals surface area contributed by atoms with Crippen LogP contribution < -0.4 is 9.47 Å². The zero-order valence-electron chi connectivity index (χ0n) is 16.0. The SMILES string of the molecule is COc1ccc([C@@]23C=C[C@@H](O)C[C@@H]2N(CC2CCCC2)CC3)cc1OC. The van der Waals surface area contributed by atoms with E-state index in [0.29, 0.717) is 6.04 Å². The molecule has 1 saturated heterocycles. The Morgan fingerprint density at radius 2 is 1.92 bits per heavy atom. The summed E-state index contributed by atoms with van der Waals surface area (Å²) in [5.41, 5.74) is 1.24. The number of rotatable bonds is 5. The first-order valence-electron chi connectivity index (χ1n) is 10.0. The summed E-state index contributed by atoms with van der Waals surface area (Å²) in [7, 11) is 3.37. The molecule has 0 amide bonds. The maximum atomic E-state index is 10.3. The molecule has 3 aliphatic rings. The van der Waals surface area contributed by atoms with Gasteiger partial charge in [0.05, 0.1) is 20.3 Å². The zero-order chi connectivity index (χ0) is 18.1. The molecule has 142 valence electrons. The van der Waals surface area contributed by atoms with Crippen LogP contribution in [-0.2, 0) is 5.41 Å². The monoisotopic (exact) mass is 357 g/mol. The normalized spacial score (nSPS) is 32.0. The Labute approximate surface area is 156 Å². The van der Waals surface area contributed by atoms with Gasteiger partial charge < -0.3 is 14.6 Å². The number of fused-ring (bicyclic) bond motifs is 1. The highest BCUT2D eigenvalue weighted by atomic mass is 16.5. The summed E-state index contributed by atoms with van der Waals surface area (Å²) in [4.78, 5) is 2.65. The highest BCUT2D eigenvalue weighted by molar-refractivity contribution is 5.48. The Kier molecular flexibility index (Phi) is 4.98. The molecule has 2 fully saturated rings. The highest BCUT2D eigenvalue weighted by Gasteiger charge is 2.49. The van der Waals surface area contributed by atoms with E-state index in [0.717, 1.165) is 36.8 Å². The van der Waals surface area contributed by atoms with Gasteiger partial charge in [-0.15, -0.1) is 0 Å². The number of benzene rings is 1. The third kappa shape index (κ3) is 3.03. The minimum absolute atomic E-state index is 0.0304. The molecule has 0 unspecified atom stereocenters. The topological polar surface area (TPSA) is 41.9 Å². The first kappa shape index (κ1) is 17.9. The van der Waals surface area contributed by atoms with E-state index in [-0.39, 0.29) is 11.5 Å². The fourth-order valence-corrected chi connectivity index (χ4v) is 5.42. The van der Waals surface area contributed by atoms with Gasteiger partial charge in [-0.1, -0.05) is 31.1 Å². The zero-order valence-corrected chi connectivity index (χ0v) is 16.0. The van der Waals surface area contributed by atoms with Crippen molar-refractivity contribution in [3.05, 3.63) is 35.9 Å². The van der Waals surface area contributed by atoms with Crippen LogP contribution in [0, 0.1) is 5.92 Å². The molecule has 1 aromatic rings. The molecular weight excluding hydrogens is 326 g/mol. The van der Waals surface area contributed by atoms with Gasteiger partial charge >= 0.3 is 0 Å². The second-order valence-electron chi connectivity index (χ2n) is 8.18. The van der Waals surface area contributed by atoms with E-state index in [4.69, 9.17) is 9.47 Å². The second kappa shape index (κ2) is 7.24. The van der Waals surface area contributed by atoms with Crippen molar-refractivity contribution < 1.29 is 14.6 Å². The van der Waals surface area contributed by atoms with Crippen molar-refractivity contribution in [3.63, 3.8) is 0 Å². The summed E-state index contributed by atoms with van der Waals surface area (Å²) < 4.78 is 11.0. The summed E-state index contributed by atoms with van der Waals surface area (Å²) in [6.45, 7) is 2.28. The fourth-order valence-electron chi connectivity index (χ4n) is 5.42. The van der Waals surface area contributed by atoms with Crippen LogP contribution in [0.5, 0.6) is 11.5 Å². The molecule has 26 heavy (non-hydrogen) atoms. The second-order valence-corrected chi connectivity index (χ2v) is 8.18. The Hall–Kier alpha value is -1.52. The maximum absolute atomic E-state index is 10.3. The summed E-state index contributed by atoms with van der Waals surface area (Å²) in [6.07, 6.45) is 11.3. The molecular formula is C22H31NO3. The maximum Gasteiger partial charge on any atom is 0.161 e. The van der Waals surface area contributed by atoms with Crippen molar-refractivity contribution in [2.75, 3.05) is 27.3 Å². The Morgan fingerprint density at radius 3 is 2.65 bits per heavy atom. The molecule has 0 spiro atoms. The molecule has 1 heterocycles. The van der Waals surface area contributed by atoms with Crippen molar-refractivity contribution in [2.45, 2.75) is 56.1 Å². The van der Waals surface area contributed by atoms with Gasteiger partial charge in [0, 0.05) is 18.0 Å². The van der Waals surface area contributed by atoms with Gasteiger partial charge in [-0.3, -0.25) is 4.90 Å². The first-order valence-corrected chi connectivity index (χ1v) is 10.0. The highest BCUT2D eigenvalue weighted by Crippen LogP contribution is 2.48. The van der Waals surface area contributed by atoms with Crippen LogP contribution >= 0.6 is 0 Å². The van der Waals surface area contributed by atoms with E-state index in [1.807, 2.05) is 12.1 Å². The van der Waals surface area contributed by atoms with Gasteiger partial charge in [-0.25, -0.2) is 0 Å². The van der Waals surface area contributed by atoms with Gasteiger partial charge in [0.2, 0.25) is 0 Å². The summed E-state index contributed by atoms with van der Waals surface area (Å²) >= 11 is 0. The number of hydrogen-bond acceptors (Lipinski definition) is 4. The standard InChI is InChI=1S/C22H31NO3/c1-25-19-8-7-17(13-20(19)26-2)22-10-9-18(24)14-21(22)23(12-11-22)15-16-5-3-4-6-16/h7-10,13,16,18,21,24H,3-6,11-12,14-15H2,1-2H3/t18-,21+,22+/m1/s1. The Morgan fingerprint density at radius 1 is 1.15 bits per heavy atom. The van der Waals surface area contributed by atoms with E-state index in [1.165, 1.54) is 37.8 Å². The van der Waals surface area contributed by atoms with E-state index < -0.39 is 0 Å². The third-order valence-electron chi connectivity index (χ3n) is 6.82. The third-order valence-corrected chi connectivity index (χ3v) is 6.82. The summed E-state index contributed by atoms with van der Waals surface area (Å²) in [6, 6.07) is 6.68. The van der Waals surface area contributed by atoms with E-state index in [1.54, 1.807) is 14.2 Å². The molecule has 0 bridgehead atoms. The molecule has 1 aliphatic heterocycles. The summed E-state index contributed by atoms with van der Waals surface area (Å²) in [5.74, 6) is 2.39. The number of ether oxygens (including phenoxy) is 2. The lowest BCUT2D eigenvalue weighted by Gasteiger charge is -2.41. The van der Waals surface area contributed by atoms with Crippen LogP contribution in [0.4, 0.5) is 0 Å². The van der Waals surface area contributed by atoms with E-state index in [9.17, 15) is 5.11 Å². The molecule has 0 radical (unpaired) electrons. The molecule has 0 aromatic heterocycles. The lowest BCUT2D eigenvalue weighted by Crippen LogP contribution is -2.47. The molecule has 2 aliphatic carbocycles. The quantitative estimate of drug-likeness (QED) is 0.819. The molecule has 1 saturated carbocycles. The molecule has 3 atom stereocenters. The summed E-state index contributed by atoms with van der Waals surface area (Å²) in [5, 5.41) is 10.3. The minimum atomic E-state index is -0.336. The van der Waals surface area contributed by atoms with Crippen molar-refractivity contribution in [3.8, 4) is 11.5 Å². The molecule has 4 rings (SSSR count). The van der Waals surface area contributed by atoms with Gasteiger partial charge in [-0.2, -0.15) is 0 Å². The predicted octanol–water partition coefficient (Wildman–Crippen LogP) is 3.53. The number of aliphatic hydroxyl groups excluding tert-OH is 1.